The minimum atomic E-state index is -0.480. The van der Waals surface area contributed by atoms with Crippen molar-refractivity contribution in [1.29, 1.82) is 0 Å². The highest BCUT2D eigenvalue weighted by Gasteiger charge is 2.33. The molecule has 1 amide bonds. The number of rotatable bonds is 3. The van der Waals surface area contributed by atoms with Gasteiger partial charge in [0, 0.05) is 5.33 Å². The van der Waals surface area contributed by atoms with Crippen molar-refractivity contribution >= 4 is 21.8 Å². The van der Waals surface area contributed by atoms with Crippen molar-refractivity contribution in [3.05, 3.63) is 0 Å². The number of carbonyl (C=O) groups is 1. The molecular formula is C8H15BrN2O2. The monoisotopic (exact) mass is 250 g/mol. The molecule has 1 unspecified atom stereocenters. The molecule has 76 valence electrons. The van der Waals surface area contributed by atoms with Crippen LogP contribution in [0.2, 0.25) is 0 Å². The summed E-state index contributed by atoms with van der Waals surface area (Å²) in [4.78, 5) is 16.5. The summed E-state index contributed by atoms with van der Waals surface area (Å²) in [6, 6.07) is -0.480. The Labute approximate surface area is 86.5 Å². The van der Waals surface area contributed by atoms with Crippen LogP contribution in [-0.4, -0.2) is 35.5 Å². The van der Waals surface area contributed by atoms with Gasteiger partial charge in [0.15, 0.2) is 0 Å². The molecule has 5 heteroatoms. The predicted octanol–water partition coefficient (Wildman–Crippen LogP) is 0.509. The summed E-state index contributed by atoms with van der Waals surface area (Å²) < 4.78 is 0. The summed E-state index contributed by atoms with van der Waals surface area (Å²) in [5.74, 6) is -0.117. The van der Waals surface area contributed by atoms with Crippen molar-refractivity contribution in [1.82, 2.24) is 5.06 Å². The van der Waals surface area contributed by atoms with Crippen LogP contribution in [0.3, 0.4) is 0 Å². The lowest BCUT2D eigenvalue weighted by Crippen LogP contribution is -2.39. The van der Waals surface area contributed by atoms with Crippen molar-refractivity contribution in [2.24, 2.45) is 11.1 Å². The fourth-order valence-corrected chi connectivity index (χ4v) is 1.22. The zero-order chi connectivity index (χ0) is 10.1. The minimum Gasteiger partial charge on any atom is -0.318 e. The van der Waals surface area contributed by atoms with E-state index in [0.717, 1.165) is 5.33 Å². The molecule has 0 aromatic heterocycles. The van der Waals surface area contributed by atoms with Crippen molar-refractivity contribution in [3.8, 4) is 0 Å². The molecule has 0 aliphatic carbocycles. The number of nitrogens with zero attached hydrogens (tertiary/aromatic N) is 1. The molecule has 2 N–H and O–H groups in total. The lowest BCUT2D eigenvalue weighted by Gasteiger charge is -2.26. The Kier molecular flexibility index (Phi) is 3.32. The van der Waals surface area contributed by atoms with Crippen molar-refractivity contribution in [3.63, 3.8) is 0 Å². The molecule has 1 rings (SSSR count). The Morgan fingerprint density at radius 2 is 2.38 bits per heavy atom. The molecule has 0 aromatic rings. The van der Waals surface area contributed by atoms with Gasteiger partial charge < -0.3 is 5.73 Å². The van der Waals surface area contributed by atoms with Crippen LogP contribution in [0.25, 0.3) is 0 Å². The Morgan fingerprint density at radius 3 is 2.77 bits per heavy atom. The number of halogens is 1. The Hall–Kier alpha value is -0.130. The summed E-state index contributed by atoms with van der Waals surface area (Å²) in [5.41, 5.74) is 5.51. The predicted molar refractivity (Wildman–Crippen MR) is 53.2 cm³/mol. The van der Waals surface area contributed by atoms with Gasteiger partial charge in [0.05, 0.1) is 13.2 Å². The number of amides is 1. The van der Waals surface area contributed by atoms with Crippen molar-refractivity contribution in [2.45, 2.75) is 19.9 Å². The number of nitrogens with two attached hydrogens (primary N) is 1. The third kappa shape index (κ3) is 2.65. The average Bonchev–Trinajstić information content (AvgIpc) is 2.36. The lowest BCUT2D eigenvalue weighted by atomic mass is 9.96. The molecule has 1 aliphatic rings. The van der Waals surface area contributed by atoms with E-state index in [4.69, 9.17) is 10.6 Å². The average molecular weight is 251 g/mol. The maximum atomic E-state index is 11.4. The molecule has 0 aromatic carbocycles. The maximum absolute atomic E-state index is 11.4. The fraction of sp³-hybridized carbons (Fsp3) is 0.875. The van der Waals surface area contributed by atoms with E-state index in [-0.39, 0.29) is 11.3 Å². The second-order valence-corrected chi connectivity index (χ2v) is 4.64. The van der Waals surface area contributed by atoms with Gasteiger partial charge in [-0.05, 0) is 5.41 Å². The van der Waals surface area contributed by atoms with Crippen LogP contribution < -0.4 is 5.73 Å². The summed E-state index contributed by atoms with van der Waals surface area (Å²) in [5, 5.41) is 2.19. The quantitative estimate of drug-likeness (QED) is 0.743. The third-order valence-corrected chi connectivity index (χ3v) is 3.42. The summed E-state index contributed by atoms with van der Waals surface area (Å²) >= 11 is 3.39. The van der Waals surface area contributed by atoms with Gasteiger partial charge in [-0.2, -0.15) is 0 Å². The molecule has 0 spiro atoms. The van der Waals surface area contributed by atoms with Gasteiger partial charge in [0.2, 0.25) is 0 Å². The van der Waals surface area contributed by atoms with E-state index in [0.29, 0.717) is 13.2 Å². The lowest BCUT2D eigenvalue weighted by molar-refractivity contribution is -0.167. The third-order valence-electron chi connectivity index (χ3n) is 1.91. The highest BCUT2D eigenvalue weighted by molar-refractivity contribution is 9.09. The maximum Gasteiger partial charge on any atom is 0.265 e. The molecule has 1 saturated heterocycles. The molecule has 0 bridgehead atoms. The molecule has 1 fully saturated rings. The van der Waals surface area contributed by atoms with Crippen LogP contribution in [-0.2, 0) is 9.63 Å². The van der Waals surface area contributed by atoms with E-state index in [1.165, 1.54) is 5.06 Å². The van der Waals surface area contributed by atoms with Gasteiger partial charge in [-0.1, -0.05) is 29.8 Å². The van der Waals surface area contributed by atoms with E-state index in [9.17, 15) is 4.79 Å². The van der Waals surface area contributed by atoms with Gasteiger partial charge in [-0.25, -0.2) is 5.06 Å². The van der Waals surface area contributed by atoms with Crippen LogP contribution in [0.1, 0.15) is 13.8 Å². The van der Waals surface area contributed by atoms with Crippen molar-refractivity contribution < 1.29 is 9.63 Å². The van der Waals surface area contributed by atoms with E-state index in [1.54, 1.807) is 0 Å². The van der Waals surface area contributed by atoms with Gasteiger partial charge in [-0.15, -0.1) is 0 Å². The molecule has 1 atom stereocenters. The van der Waals surface area contributed by atoms with Gasteiger partial charge >= 0.3 is 0 Å². The Morgan fingerprint density at radius 1 is 1.77 bits per heavy atom. The standard InChI is InChI=1S/C8H15BrN2O2/c1-8(2,4-9)5-11-7(12)6(10)3-13-11/h6H,3-5,10H2,1-2H3. The molecular weight excluding hydrogens is 236 g/mol. The van der Waals surface area contributed by atoms with E-state index < -0.39 is 6.04 Å². The molecule has 13 heavy (non-hydrogen) atoms. The number of carbonyl (C=O) groups excluding carboxylic acids is 1. The number of hydrogen-bond donors (Lipinski definition) is 1. The van der Waals surface area contributed by atoms with E-state index >= 15 is 0 Å². The number of hydrogen-bond acceptors (Lipinski definition) is 3. The zero-order valence-corrected chi connectivity index (χ0v) is 9.50. The first-order valence-electron chi connectivity index (χ1n) is 4.22. The SMILES string of the molecule is CC(C)(CBr)CN1OCC(N)C1=O. The molecule has 1 heterocycles. The molecule has 1 aliphatic heterocycles. The van der Waals surface area contributed by atoms with Crippen LogP contribution >= 0.6 is 15.9 Å². The highest BCUT2D eigenvalue weighted by Crippen LogP contribution is 2.21. The number of alkyl halides is 1. The molecule has 0 saturated carbocycles. The van der Waals surface area contributed by atoms with E-state index in [2.05, 4.69) is 29.8 Å². The first-order chi connectivity index (χ1) is 5.96. The van der Waals surface area contributed by atoms with Crippen LogP contribution in [0.4, 0.5) is 0 Å². The summed E-state index contributed by atoms with van der Waals surface area (Å²) in [6.45, 7) is 4.99. The van der Waals surface area contributed by atoms with Crippen LogP contribution in [0.5, 0.6) is 0 Å². The van der Waals surface area contributed by atoms with Crippen molar-refractivity contribution in [2.75, 3.05) is 18.5 Å². The van der Waals surface area contributed by atoms with E-state index in [1.807, 2.05) is 0 Å². The first kappa shape index (κ1) is 10.9. The topological polar surface area (TPSA) is 55.6 Å². The fourth-order valence-electron chi connectivity index (χ4n) is 1.04. The smallest absolute Gasteiger partial charge is 0.265 e. The van der Waals surface area contributed by atoms with Crippen LogP contribution in [0, 0.1) is 5.41 Å². The van der Waals surface area contributed by atoms with Gasteiger partial charge in [0.1, 0.15) is 6.04 Å². The normalized spacial score (nSPS) is 24.2. The number of hydroxylamine groups is 2. The summed E-state index contributed by atoms with van der Waals surface area (Å²) in [6.07, 6.45) is 0. The zero-order valence-electron chi connectivity index (χ0n) is 7.92. The largest absolute Gasteiger partial charge is 0.318 e. The highest BCUT2D eigenvalue weighted by atomic mass is 79.9. The Balaban J connectivity index is 2.51. The van der Waals surface area contributed by atoms with Gasteiger partial charge in [0.25, 0.3) is 5.91 Å². The van der Waals surface area contributed by atoms with Crippen LogP contribution in [0.15, 0.2) is 0 Å². The summed E-state index contributed by atoms with van der Waals surface area (Å²) in [7, 11) is 0. The molecule has 4 nitrogen and oxygen atoms in total. The minimum absolute atomic E-state index is 0.0136. The molecule has 0 radical (unpaired) electrons. The first-order valence-corrected chi connectivity index (χ1v) is 5.34. The second-order valence-electron chi connectivity index (χ2n) is 4.07. The second kappa shape index (κ2) is 3.94. The Bertz CT molecular complexity index is 208. The van der Waals surface area contributed by atoms with Gasteiger partial charge in [-0.3, -0.25) is 9.63 Å².